The van der Waals surface area contributed by atoms with Crippen LogP contribution in [-0.2, 0) is 15.6 Å². The van der Waals surface area contributed by atoms with Crippen molar-refractivity contribution in [1.82, 2.24) is 5.32 Å². The van der Waals surface area contributed by atoms with E-state index >= 15 is 0 Å². The molecule has 0 heterocycles. The molecule has 1 unspecified atom stereocenters. The van der Waals surface area contributed by atoms with Crippen LogP contribution >= 0.6 is 0 Å². The molecule has 0 fully saturated rings. The molecule has 1 atom stereocenters. The fraction of sp³-hybridized carbons (Fsp3) is 0.632. The van der Waals surface area contributed by atoms with E-state index in [2.05, 4.69) is 57.3 Å². The van der Waals surface area contributed by atoms with Crippen molar-refractivity contribution in [2.24, 2.45) is 5.73 Å². The second-order valence-corrected chi connectivity index (χ2v) is 8.45. The normalized spacial score (nSPS) is 15.0. The van der Waals surface area contributed by atoms with Crippen LogP contribution in [-0.4, -0.2) is 24.8 Å². The predicted octanol–water partition coefficient (Wildman–Crippen LogP) is 3.73. The van der Waals surface area contributed by atoms with Gasteiger partial charge < -0.3 is 15.8 Å². The topological polar surface area (TPSA) is 64.3 Å². The SMILES string of the molecule is CC(C)(C)OC(=O)NCC(C)(CN)c1ccc(C(C)(C)C)cc1. The highest BCUT2D eigenvalue weighted by Crippen LogP contribution is 2.27. The number of amides is 1. The standard InChI is InChI=1S/C19H32N2O2/c1-17(2,3)14-8-10-15(11-9-14)19(7,12-20)13-21-16(22)23-18(4,5)6/h8-11H,12-13,20H2,1-7H3,(H,21,22). The molecular weight excluding hydrogens is 288 g/mol. The van der Waals surface area contributed by atoms with E-state index in [0.29, 0.717) is 13.1 Å². The largest absolute Gasteiger partial charge is 0.444 e. The second-order valence-electron chi connectivity index (χ2n) is 8.45. The minimum Gasteiger partial charge on any atom is -0.444 e. The van der Waals surface area contributed by atoms with Crippen LogP contribution in [0.15, 0.2) is 24.3 Å². The van der Waals surface area contributed by atoms with Crippen LogP contribution in [0.2, 0.25) is 0 Å². The zero-order valence-corrected chi connectivity index (χ0v) is 15.6. The van der Waals surface area contributed by atoms with E-state index < -0.39 is 11.7 Å². The summed E-state index contributed by atoms with van der Waals surface area (Å²) in [7, 11) is 0. The van der Waals surface area contributed by atoms with E-state index in [4.69, 9.17) is 10.5 Å². The summed E-state index contributed by atoms with van der Waals surface area (Å²) >= 11 is 0. The molecule has 130 valence electrons. The van der Waals surface area contributed by atoms with Gasteiger partial charge in [-0.2, -0.15) is 0 Å². The third-order valence-electron chi connectivity index (χ3n) is 3.92. The maximum absolute atomic E-state index is 11.9. The van der Waals surface area contributed by atoms with Crippen molar-refractivity contribution in [3.05, 3.63) is 35.4 Å². The second kappa shape index (κ2) is 6.91. The van der Waals surface area contributed by atoms with Crippen molar-refractivity contribution in [3.63, 3.8) is 0 Å². The summed E-state index contributed by atoms with van der Waals surface area (Å²) in [6, 6.07) is 8.47. The summed E-state index contributed by atoms with van der Waals surface area (Å²) in [5, 5.41) is 2.83. The van der Waals surface area contributed by atoms with Crippen molar-refractivity contribution in [1.29, 1.82) is 0 Å². The quantitative estimate of drug-likeness (QED) is 0.888. The first-order valence-electron chi connectivity index (χ1n) is 8.15. The molecule has 0 aromatic heterocycles. The molecule has 1 amide bonds. The molecule has 23 heavy (non-hydrogen) atoms. The molecule has 0 saturated carbocycles. The number of nitrogens with one attached hydrogen (secondary N) is 1. The van der Waals surface area contributed by atoms with Crippen molar-refractivity contribution in [2.75, 3.05) is 13.1 Å². The third-order valence-corrected chi connectivity index (χ3v) is 3.92. The number of carbonyl (C=O) groups is 1. The summed E-state index contributed by atoms with van der Waals surface area (Å²) < 4.78 is 5.29. The van der Waals surface area contributed by atoms with Gasteiger partial charge in [0.1, 0.15) is 5.60 Å². The number of ether oxygens (including phenoxy) is 1. The fourth-order valence-electron chi connectivity index (χ4n) is 2.25. The fourth-order valence-corrected chi connectivity index (χ4v) is 2.25. The summed E-state index contributed by atoms with van der Waals surface area (Å²) in [5.74, 6) is 0. The highest BCUT2D eigenvalue weighted by Gasteiger charge is 2.27. The molecule has 3 N–H and O–H groups in total. The van der Waals surface area contributed by atoms with Crippen LogP contribution in [0.4, 0.5) is 4.79 Å². The number of hydrogen-bond acceptors (Lipinski definition) is 3. The maximum Gasteiger partial charge on any atom is 0.407 e. The van der Waals surface area contributed by atoms with Crippen molar-refractivity contribution in [3.8, 4) is 0 Å². The molecule has 1 aromatic carbocycles. The van der Waals surface area contributed by atoms with E-state index in [9.17, 15) is 4.79 Å². The van der Waals surface area contributed by atoms with E-state index in [-0.39, 0.29) is 10.8 Å². The third kappa shape index (κ3) is 5.87. The summed E-state index contributed by atoms with van der Waals surface area (Å²) in [6.07, 6.45) is -0.413. The first-order valence-corrected chi connectivity index (χ1v) is 8.15. The van der Waals surface area contributed by atoms with Gasteiger partial charge in [0.15, 0.2) is 0 Å². The molecule has 4 nitrogen and oxygen atoms in total. The van der Waals surface area contributed by atoms with Crippen LogP contribution in [0, 0.1) is 0 Å². The highest BCUT2D eigenvalue weighted by atomic mass is 16.6. The molecule has 0 spiro atoms. The number of alkyl carbamates (subject to hydrolysis) is 1. The lowest BCUT2D eigenvalue weighted by Crippen LogP contribution is -2.45. The molecule has 0 radical (unpaired) electrons. The van der Waals surface area contributed by atoms with Crippen LogP contribution in [0.1, 0.15) is 59.6 Å². The lowest BCUT2D eigenvalue weighted by Gasteiger charge is -2.30. The van der Waals surface area contributed by atoms with Crippen LogP contribution in [0.3, 0.4) is 0 Å². The molecule has 1 rings (SSSR count). The zero-order chi connectivity index (χ0) is 17.9. The highest BCUT2D eigenvalue weighted by molar-refractivity contribution is 5.67. The van der Waals surface area contributed by atoms with Gasteiger partial charge in [0.2, 0.25) is 0 Å². The van der Waals surface area contributed by atoms with Crippen molar-refractivity contribution >= 4 is 6.09 Å². The van der Waals surface area contributed by atoms with Crippen LogP contribution < -0.4 is 11.1 Å². The Kier molecular flexibility index (Phi) is 5.86. The Balaban J connectivity index is 2.83. The predicted molar refractivity (Wildman–Crippen MR) is 95.8 cm³/mol. The summed E-state index contributed by atoms with van der Waals surface area (Å²) in [6.45, 7) is 15.0. The number of rotatable bonds is 4. The summed E-state index contributed by atoms with van der Waals surface area (Å²) in [5.41, 5.74) is 7.67. The first kappa shape index (κ1) is 19.5. The molecule has 4 heteroatoms. The lowest BCUT2D eigenvalue weighted by molar-refractivity contribution is 0.0516. The molecule has 0 aliphatic rings. The Bertz CT molecular complexity index is 524. The van der Waals surface area contributed by atoms with E-state index in [1.54, 1.807) is 0 Å². The van der Waals surface area contributed by atoms with Gasteiger partial charge in [0.05, 0.1) is 0 Å². The van der Waals surface area contributed by atoms with E-state index in [1.807, 2.05) is 20.8 Å². The lowest BCUT2D eigenvalue weighted by atomic mass is 9.80. The molecule has 0 bridgehead atoms. The van der Waals surface area contributed by atoms with Gasteiger partial charge in [-0.05, 0) is 37.3 Å². The van der Waals surface area contributed by atoms with Crippen molar-refractivity contribution < 1.29 is 9.53 Å². The van der Waals surface area contributed by atoms with Crippen LogP contribution in [0.25, 0.3) is 0 Å². The van der Waals surface area contributed by atoms with Gasteiger partial charge in [-0.1, -0.05) is 52.0 Å². The van der Waals surface area contributed by atoms with Gasteiger partial charge in [-0.25, -0.2) is 4.79 Å². The van der Waals surface area contributed by atoms with Gasteiger partial charge >= 0.3 is 6.09 Å². The van der Waals surface area contributed by atoms with Gasteiger partial charge in [0, 0.05) is 18.5 Å². The Hall–Kier alpha value is -1.55. The number of benzene rings is 1. The maximum atomic E-state index is 11.9. The van der Waals surface area contributed by atoms with E-state index in [1.165, 1.54) is 5.56 Å². The Morgan fingerprint density at radius 2 is 1.48 bits per heavy atom. The monoisotopic (exact) mass is 320 g/mol. The number of nitrogens with two attached hydrogens (primary N) is 1. The smallest absolute Gasteiger partial charge is 0.407 e. The number of hydrogen-bond donors (Lipinski definition) is 2. The Morgan fingerprint density at radius 1 is 1.00 bits per heavy atom. The first-order chi connectivity index (χ1) is 10.4. The zero-order valence-electron chi connectivity index (χ0n) is 15.6. The van der Waals surface area contributed by atoms with Gasteiger partial charge in [-0.15, -0.1) is 0 Å². The van der Waals surface area contributed by atoms with E-state index in [0.717, 1.165) is 5.56 Å². The average molecular weight is 320 g/mol. The van der Waals surface area contributed by atoms with Gasteiger partial charge in [-0.3, -0.25) is 0 Å². The summed E-state index contributed by atoms with van der Waals surface area (Å²) in [4.78, 5) is 11.9. The average Bonchev–Trinajstić information content (AvgIpc) is 2.42. The van der Waals surface area contributed by atoms with Gasteiger partial charge in [0.25, 0.3) is 0 Å². The molecule has 0 aliphatic carbocycles. The molecule has 1 aromatic rings. The minimum atomic E-state index is -0.502. The molecule has 0 aliphatic heterocycles. The Labute approximate surface area is 140 Å². The minimum absolute atomic E-state index is 0.117. The van der Waals surface area contributed by atoms with Crippen molar-refractivity contribution in [2.45, 2.75) is 64.9 Å². The Morgan fingerprint density at radius 3 is 1.87 bits per heavy atom. The number of carbonyl (C=O) groups excluding carboxylic acids is 1. The molecule has 0 saturated heterocycles. The molecular formula is C19H32N2O2. The van der Waals surface area contributed by atoms with Crippen LogP contribution in [0.5, 0.6) is 0 Å².